The quantitative estimate of drug-likeness (QED) is 0.310. The van der Waals surface area contributed by atoms with Gasteiger partial charge in [0.25, 0.3) is 0 Å². The van der Waals surface area contributed by atoms with Gasteiger partial charge in [0.05, 0.1) is 35.2 Å². The minimum Gasteiger partial charge on any atom is -0.467 e. The number of hydrogen-bond acceptors (Lipinski definition) is 7. The molecule has 3 aromatic heterocycles. The van der Waals surface area contributed by atoms with Crippen LogP contribution in [0.5, 0.6) is 6.01 Å². The molecule has 2 atom stereocenters. The number of hydrogen-bond donors (Lipinski definition) is 2. The first-order valence-electron chi connectivity index (χ1n) is 13.8. The number of nitrogens with zero attached hydrogens (tertiary/aromatic N) is 5. The van der Waals surface area contributed by atoms with Gasteiger partial charge in [-0.05, 0) is 60.4 Å². The van der Waals surface area contributed by atoms with Crippen LogP contribution in [0.2, 0.25) is 5.02 Å². The first-order valence-corrected chi connectivity index (χ1v) is 14.1. The van der Waals surface area contributed by atoms with E-state index in [0.29, 0.717) is 23.5 Å². The number of aromatic nitrogens is 5. The van der Waals surface area contributed by atoms with E-state index in [9.17, 15) is 4.39 Å². The summed E-state index contributed by atoms with van der Waals surface area (Å²) in [5.41, 5.74) is 6.41. The van der Waals surface area contributed by atoms with Crippen LogP contribution in [0.1, 0.15) is 36.9 Å². The van der Waals surface area contributed by atoms with Crippen LogP contribution in [0.25, 0.3) is 44.1 Å². The highest BCUT2D eigenvalue weighted by Crippen LogP contribution is 2.65. The molecule has 9 rings (SSSR count). The van der Waals surface area contributed by atoms with Crippen LogP contribution in [0, 0.1) is 5.82 Å². The molecule has 5 heterocycles. The number of benzene rings is 2. The normalized spacial score (nSPS) is 21.8. The Labute approximate surface area is 233 Å². The second kappa shape index (κ2) is 7.89. The minimum absolute atomic E-state index is 0.0915. The molecule has 1 saturated carbocycles. The van der Waals surface area contributed by atoms with Gasteiger partial charge in [0, 0.05) is 58.7 Å². The van der Waals surface area contributed by atoms with Crippen molar-refractivity contribution in [1.82, 2.24) is 30.5 Å². The molecule has 4 aliphatic rings. The number of piperazine rings is 1. The lowest BCUT2D eigenvalue weighted by Gasteiger charge is -2.34. The number of rotatable bonds is 3. The maximum atomic E-state index is 14.9. The van der Waals surface area contributed by atoms with Crippen molar-refractivity contribution in [2.24, 2.45) is 0 Å². The van der Waals surface area contributed by atoms with Crippen LogP contribution < -0.4 is 15.0 Å². The minimum atomic E-state index is -0.457. The molecule has 2 aromatic carbocycles. The van der Waals surface area contributed by atoms with Crippen molar-refractivity contribution in [3.63, 3.8) is 0 Å². The van der Waals surface area contributed by atoms with Crippen molar-refractivity contribution in [3.05, 3.63) is 58.8 Å². The summed E-state index contributed by atoms with van der Waals surface area (Å²) in [4.78, 5) is 17.3. The number of methoxy groups -OCH3 is 1. The summed E-state index contributed by atoms with van der Waals surface area (Å²) in [6, 6.07) is 8.53. The average molecular weight is 554 g/mol. The van der Waals surface area contributed by atoms with Crippen molar-refractivity contribution >= 4 is 39.1 Å². The second-order valence-corrected chi connectivity index (χ2v) is 11.9. The fourth-order valence-corrected chi connectivity index (χ4v) is 7.74. The predicted molar refractivity (Wildman–Crippen MR) is 152 cm³/mol. The summed E-state index contributed by atoms with van der Waals surface area (Å²) in [5.74, 6) is 0.472. The number of H-pyrrole nitrogens is 1. The molecule has 1 spiro atoms. The lowest BCUT2D eigenvalue weighted by atomic mass is 9.88. The number of aromatic amines is 1. The van der Waals surface area contributed by atoms with Crippen LogP contribution in [0.15, 0.2) is 36.7 Å². The van der Waals surface area contributed by atoms with Crippen LogP contribution in [-0.2, 0) is 5.41 Å². The molecule has 0 radical (unpaired) electrons. The topological polar surface area (TPSA) is 91.8 Å². The monoisotopic (exact) mass is 553 g/mol. The highest BCUT2D eigenvalue weighted by molar-refractivity contribution is 6.38. The molecule has 10 heteroatoms. The third kappa shape index (κ3) is 2.94. The fourth-order valence-electron chi connectivity index (χ4n) is 7.47. The lowest BCUT2D eigenvalue weighted by molar-refractivity contribution is 0.376. The van der Waals surface area contributed by atoms with Gasteiger partial charge in [-0.2, -0.15) is 15.1 Å². The molecule has 2 aliphatic carbocycles. The Bertz CT molecular complexity index is 1890. The molecule has 8 nitrogen and oxygen atoms in total. The zero-order valence-corrected chi connectivity index (χ0v) is 22.5. The van der Waals surface area contributed by atoms with E-state index in [1.165, 1.54) is 18.9 Å². The van der Waals surface area contributed by atoms with Gasteiger partial charge in [-0.1, -0.05) is 17.7 Å². The molecule has 3 fully saturated rings. The lowest BCUT2D eigenvalue weighted by Crippen LogP contribution is -2.51. The van der Waals surface area contributed by atoms with E-state index in [1.807, 2.05) is 12.3 Å². The van der Waals surface area contributed by atoms with E-state index < -0.39 is 5.82 Å². The van der Waals surface area contributed by atoms with Gasteiger partial charge in [0.2, 0.25) is 0 Å². The molecule has 0 amide bonds. The summed E-state index contributed by atoms with van der Waals surface area (Å²) >= 11 is 6.69. The first-order chi connectivity index (χ1) is 19.6. The standard InChI is InChI=1S/C30H25ClFN7O/c1-40-29-36-27-23(28(37-29)39-12-15-3-4-16(13-39)35-15)17-6-9-33-26(24(17)30(27)7-8-30)22-18-11-34-38-20(18)10-14-2-5-19(32)25(31)21(14)22/h2,5-6,9-11,15-16,35H,3-4,7-8,12-13H2,1H3,(H,34,38). The van der Waals surface area contributed by atoms with E-state index in [2.05, 4.69) is 26.5 Å². The van der Waals surface area contributed by atoms with Gasteiger partial charge < -0.3 is 15.0 Å². The third-order valence-corrected chi connectivity index (χ3v) is 9.69. The van der Waals surface area contributed by atoms with E-state index in [1.54, 1.807) is 19.4 Å². The van der Waals surface area contributed by atoms with Crippen LogP contribution in [0.3, 0.4) is 0 Å². The summed E-state index contributed by atoms with van der Waals surface area (Å²) in [6.07, 6.45) is 7.86. The molecule has 5 aromatic rings. The molecule has 200 valence electrons. The van der Waals surface area contributed by atoms with Crippen LogP contribution >= 0.6 is 11.6 Å². The highest BCUT2D eigenvalue weighted by Gasteiger charge is 2.57. The molecule has 2 bridgehead atoms. The molecule has 2 unspecified atom stereocenters. The SMILES string of the molecule is COc1nc(N2CC3CCC(C2)N3)c2c(n1)C1(CC1)c1c-2ccnc1-c1c2cn[nH]c2cc2ccc(F)c(Cl)c12. The maximum Gasteiger partial charge on any atom is 0.318 e. The van der Waals surface area contributed by atoms with Gasteiger partial charge in [-0.3, -0.25) is 10.1 Å². The van der Waals surface area contributed by atoms with Crippen molar-refractivity contribution in [1.29, 1.82) is 0 Å². The van der Waals surface area contributed by atoms with Gasteiger partial charge in [0.1, 0.15) is 11.6 Å². The number of pyridine rings is 1. The summed E-state index contributed by atoms with van der Waals surface area (Å²) in [5, 5.41) is 13.6. The summed E-state index contributed by atoms with van der Waals surface area (Å²) < 4.78 is 20.6. The number of nitrogens with one attached hydrogen (secondary N) is 2. The Hall–Kier alpha value is -3.82. The molecular formula is C30H25ClFN7O. The molecule has 40 heavy (non-hydrogen) atoms. The van der Waals surface area contributed by atoms with Gasteiger partial charge in [0.15, 0.2) is 0 Å². The third-order valence-electron chi connectivity index (χ3n) is 9.32. The molecular weight excluding hydrogens is 529 g/mol. The number of halogens is 2. The van der Waals surface area contributed by atoms with E-state index >= 15 is 0 Å². The Balaban J connectivity index is 1.35. The van der Waals surface area contributed by atoms with Crippen LogP contribution in [0.4, 0.5) is 10.2 Å². The predicted octanol–water partition coefficient (Wildman–Crippen LogP) is 5.37. The summed E-state index contributed by atoms with van der Waals surface area (Å²) in [6.45, 7) is 1.80. The van der Waals surface area contributed by atoms with Crippen molar-refractivity contribution in [2.75, 3.05) is 25.1 Å². The number of ether oxygens (including phenoxy) is 1. The van der Waals surface area contributed by atoms with Gasteiger partial charge >= 0.3 is 6.01 Å². The van der Waals surface area contributed by atoms with Gasteiger partial charge in [-0.15, -0.1) is 0 Å². The van der Waals surface area contributed by atoms with E-state index in [0.717, 1.165) is 81.7 Å². The largest absolute Gasteiger partial charge is 0.467 e. The fraction of sp³-hybridized carbons (Fsp3) is 0.333. The van der Waals surface area contributed by atoms with Crippen molar-refractivity contribution in [2.45, 2.75) is 43.2 Å². The molecule has 2 aliphatic heterocycles. The van der Waals surface area contributed by atoms with Crippen molar-refractivity contribution in [3.8, 4) is 28.4 Å². The van der Waals surface area contributed by atoms with Gasteiger partial charge in [-0.25, -0.2) is 4.39 Å². The van der Waals surface area contributed by atoms with E-state index in [-0.39, 0.29) is 10.4 Å². The summed E-state index contributed by atoms with van der Waals surface area (Å²) in [7, 11) is 1.63. The van der Waals surface area contributed by atoms with E-state index in [4.69, 9.17) is 31.3 Å². The average Bonchev–Trinajstić information content (AvgIpc) is 3.39. The highest BCUT2D eigenvalue weighted by atomic mass is 35.5. The molecule has 2 N–H and O–H groups in total. The zero-order valence-electron chi connectivity index (χ0n) is 21.8. The van der Waals surface area contributed by atoms with Crippen LogP contribution in [-0.4, -0.2) is 57.4 Å². The number of fused-ring (bicyclic) bond motifs is 9. The molecule has 2 saturated heterocycles. The second-order valence-electron chi connectivity index (χ2n) is 11.5. The maximum absolute atomic E-state index is 14.9. The number of anilines is 1. The Morgan fingerprint density at radius 3 is 2.70 bits per heavy atom. The van der Waals surface area contributed by atoms with Crippen molar-refractivity contribution < 1.29 is 9.13 Å². The smallest absolute Gasteiger partial charge is 0.318 e. The zero-order chi connectivity index (χ0) is 26.7. The Morgan fingerprint density at radius 1 is 1.10 bits per heavy atom. The first kappa shape index (κ1) is 22.9. The Morgan fingerprint density at radius 2 is 1.93 bits per heavy atom. The Kier molecular flexibility index (Phi) is 4.52.